The Balaban J connectivity index is 2.33. The average Bonchev–Trinajstić information content (AvgIpc) is 2.43. The predicted octanol–water partition coefficient (Wildman–Crippen LogP) is 3.07. The van der Waals surface area contributed by atoms with Crippen LogP contribution < -0.4 is 10.6 Å². The number of urea groups is 1. The zero-order valence-electron chi connectivity index (χ0n) is 11.8. The summed E-state index contributed by atoms with van der Waals surface area (Å²) in [6.45, 7) is -0.306. The van der Waals surface area contributed by atoms with Crippen LogP contribution in [0, 0.1) is 0 Å². The molecule has 0 unspecified atom stereocenters. The maximum Gasteiger partial charge on any atom is 0.422 e. The quantitative estimate of drug-likeness (QED) is 0.825. The number of rotatable bonds is 3. The molecule has 2 N–H and O–H groups in total. The number of nitrogens with one attached hydrogen (secondary N) is 2. The summed E-state index contributed by atoms with van der Waals surface area (Å²) < 4.78 is 40.9. The summed E-state index contributed by atoms with van der Waals surface area (Å²) in [7, 11) is 0. The summed E-state index contributed by atoms with van der Waals surface area (Å²) in [6, 6.07) is 4.74. The van der Waals surface area contributed by atoms with Gasteiger partial charge in [0.05, 0.1) is 11.6 Å². The monoisotopic (exact) mass is 348 g/mol. The Labute approximate surface area is 134 Å². The van der Waals surface area contributed by atoms with Crippen molar-refractivity contribution in [2.24, 2.45) is 0 Å². The van der Waals surface area contributed by atoms with Crippen LogP contribution in [-0.4, -0.2) is 24.8 Å². The number of carbonyl (C=O) groups excluding carboxylic acids is 2. The lowest BCUT2D eigenvalue weighted by molar-refractivity contribution is -0.183. The SMILES string of the molecule is CC1=C(C(=O)OCC(F)(F)F)[C@@H](c2cccc(Cl)c2)NC(=O)N1. The van der Waals surface area contributed by atoms with E-state index in [0.29, 0.717) is 10.6 Å². The second-order valence-electron chi connectivity index (χ2n) is 4.82. The minimum atomic E-state index is -4.64. The van der Waals surface area contributed by atoms with Crippen LogP contribution in [0.4, 0.5) is 18.0 Å². The van der Waals surface area contributed by atoms with Crippen molar-refractivity contribution in [3.05, 3.63) is 46.1 Å². The van der Waals surface area contributed by atoms with Crippen molar-refractivity contribution < 1.29 is 27.5 Å². The van der Waals surface area contributed by atoms with E-state index in [1.54, 1.807) is 18.2 Å². The summed E-state index contributed by atoms with van der Waals surface area (Å²) in [5.74, 6) is -1.17. The molecule has 0 aromatic heterocycles. The zero-order chi connectivity index (χ0) is 17.2. The van der Waals surface area contributed by atoms with Crippen LogP contribution in [0.3, 0.4) is 0 Å². The molecule has 2 amide bonds. The topological polar surface area (TPSA) is 67.4 Å². The van der Waals surface area contributed by atoms with E-state index in [9.17, 15) is 22.8 Å². The Hall–Kier alpha value is -2.22. The number of ether oxygens (including phenoxy) is 1. The molecule has 0 bridgehead atoms. The summed E-state index contributed by atoms with van der Waals surface area (Å²) >= 11 is 5.88. The highest BCUT2D eigenvalue weighted by atomic mass is 35.5. The smallest absolute Gasteiger partial charge is 0.422 e. The van der Waals surface area contributed by atoms with E-state index in [2.05, 4.69) is 15.4 Å². The number of benzene rings is 1. The Morgan fingerprint density at radius 1 is 1.39 bits per heavy atom. The molecular formula is C14H12ClF3N2O3. The third-order valence-electron chi connectivity index (χ3n) is 3.04. The summed E-state index contributed by atoms with van der Waals surface area (Å²) in [6.07, 6.45) is -4.64. The standard InChI is InChI=1S/C14H12ClF3N2O3/c1-7-10(12(21)23-6-14(16,17)18)11(20-13(22)19-7)8-3-2-4-9(15)5-8/h2-5,11H,6H2,1H3,(H2,19,20,22)/t11-/m1/s1. The van der Waals surface area contributed by atoms with Crippen molar-refractivity contribution in [1.29, 1.82) is 0 Å². The molecular weight excluding hydrogens is 337 g/mol. The van der Waals surface area contributed by atoms with E-state index < -0.39 is 30.8 Å². The lowest BCUT2D eigenvalue weighted by Gasteiger charge is -2.28. The summed E-state index contributed by atoms with van der Waals surface area (Å²) in [4.78, 5) is 23.6. The molecule has 0 spiro atoms. The van der Waals surface area contributed by atoms with Gasteiger partial charge in [-0.05, 0) is 24.6 Å². The number of amides is 2. The number of hydrogen-bond acceptors (Lipinski definition) is 3. The van der Waals surface area contributed by atoms with Crippen LogP contribution in [0.15, 0.2) is 35.5 Å². The molecule has 1 heterocycles. The fourth-order valence-corrected chi connectivity index (χ4v) is 2.32. The number of halogens is 4. The molecule has 0 fully saturated rings. The molecule has 1 aliphatic rings. The van der Waals surface area contributed by atoms with Gasteiger partial charge in [0.15, 0.2) is 6.61 Å². The molecule has 23 heavy (non-hydrogen) atoms. The number of esters is 1. The fourth-order valence-electron chi connectivity index (χ4n) is 2.13. The number of allylic oxidation sites excluding steroid dienone is 1. The number of alkyl halides is 3. The van der Waals surface area contributed by atoms with Crippen LogP contribution in [0.25, 0.3) is 0 Å². The van der Waals surface area contributed by atoms with Crippen LogP contribution in [0.1, 0.15) is 18.5 Å². The second-order valence-corrected chi connectivity index (χ2v) is 5.25. The van der Waals surface area contributed by atoms with Crippen LogP contribution >= 0.6 is 11.6 Å². The third kappa shape index (κ3) is 4.38. The van der Waals surface area contributed by atoms with Crippen molar-refractivity contribution in [2.75, 3.05) is 6.61 Å². The summed E-state index contributed by atoms with van der Waals surface area (Å²) in [5, 5.41) is 5.16. The van der Waals surface area contributed by atoms with E-state index in [4.69, 9.17) is 11.6 Å². The van der Waals surface area contributed by atoms with Gasteiger partial charge in [-0.3, -0.25) is 0 Å². The van der Waals surface area contributed by atoms with Crippen molar-refractivity contribution in [3.63, 3.8) is 0 Å². The molecule has 1 atom stereocenters. The lowest BCUT2D eigenvalue weighted by Crippen LogP contribution is -2.45. The van der Waals surface area contributed by atoms with E-state index in [1.165, 1.54) is 13.0 Å². The molecule has 2 rings (SSSR count). The fraction of sp³-hybridized carbons (Fsp3) is 0.286. The molecule has 1 aliphatic heterocycles. The first-order chi connectivity index (χ1) is 10.7. The van der Waals surface area contributed by atoms with Gasteiger partial charge in [0.25, 0.3) is 0 Å². The molecule has 0 radical (unpaired) electrons. The molecule has 9 heteroatoms. The van der Waals surface area contributed by atoms with Gasteiger partial charge in [0.2, 0.25) is 0 Å². The van der Waals surface area contributed by atoms with E-state index in [0.717, 1.165) is 0 Å². The van der Waals surface area contributed by atoms with Crippen molar-refractivity contribution in [3.8, 4) is 0 Å². The van der Waals surface area contributed by atoms with Gasteiger partial charge in [-0.15, -0.1) is 0 Å². The Kier molecular flexibility index (Phi) is 4.84. The first kappa shape index (κ1) is 17.1. The van der Waals surface area contributed by atoms with Gasteiger partial charge in [-0.25, -0.2) is 9.59 Å². The van der Waals surface area contributed by atoms with E-state index in [1.807, 2.05) is 0 Å². The normalized spacial score (nSPS) is 18.3. The highest BCUT2D eigenvalue weighted by Gasteiger charge is 2.35. The van der Waals surface area contributed by atoms with Crippen molar-refractivity contribution in [1.82, 2.24) is 10.6 Å². The predicted molar refractivity (Wildman–Crippen MR) is 75.6 cm³/mol. The van der Waals surface area contributed by atoms with Crippen molar-refractivity contribution in [2.45, 2.75) is 19.1 Å². The van der Waals surface area contributed by atoms with E-state index in [-0.39, 0.29) is 11.3 Å². The molecule has 5 nitrogen and oxygen atoms in total. The lowest BCUT2D eigenvalue weighted by atomic mass is 9.95. The Bertz CT molecular complexity index is 673. The largest absolute Gasteiger partial charge is 0.453 e. The Morgan fingerprint density at radius 2 is 2.09 bits per heavy atom. The van der Waals surface area contributed by atoms with Crippen LogP contribution in [0.2, 0.25) is 5.02 Å². The van der Waals surface area contributed by atoms with Gasteiger partial charge in [-0.2, -0.15) is 13.2 Å². The molecule has 1 aromatic rings. The van der Waals surface area contributed by atoms with Gasteiger partial charge in [-0.1, -0.05) is 23.7 Å². The highest BCUT2D eigenvalue weighted by Crippen LogP contribution is 2.29. The minimum absolute atomic E-state index is 0.115. The van der Waals surface area contributed by atoms with Gasteiger partial charge < -0.3 is 15.4 Å². The molecule has 1 aromatic carbocycles. The minimum Gasteiger partial charge on any atom is -0.453 e. The molecule has 0 saturated carbocycles. The van der Waals surface area contributed by atoms with Crippen LogP contribution in [-0.2, 0) is 9.53 Å². The highest BCUT2D eigenvalue weighted by molar-refractivity contribution is 6.30. The zero-order valence-corrected chi connectivity index (χ0v) is 12.6. The van der Waals surface area contributed by atoms with Gasteiger partial charge in [0.1, 0.15) is 0 Å². The molecule has 0 aliphatic carbocycles. The number of carbonyl (C=O) groups is 2. The first-order valence-corrected chi connectivity index (χ1v) is 6.83. The maximum absolute atomic E-state index is 12.2. The molecule has 0 saturated heterocycles. The van der Waals surface area contributed by atoms with Gasteiger partial charge in [0, 0.05) is 10.7 Å². The number of hydrogen-bond donors (Lipinski definition) is 2. The van der Waals surface area contributed by atoms with Crippen molar-refractivity contribution >= 4 is 23.6 Å². The maximum atomic E-state index is 12.2. The Morgan fingerprint density at radius 3 is 2.70 bits per heavy atom. The summed E-state index contributed by atoms with van der Waals surface area (Å²) in [5.41, 5.74) is 0.452. The van der Waals surface area contributed by atoms with E-state index >= 15 is 0 Å². The molecule has 124 valence electrons. The second kappa shape index (κ2) is 6.49. The van der Waals surface area contributed by atoms with Gasteiger partial charge >= 0.3 is 18.2 Å². The third-order valence-corrected chi connectivity index (χ3v) is 3.27. The average molecular weight is 349 g/mol. The first-order valence-electron chi connectivity index (χ1n) is 6.45. The van der Waals surface area contributed by atoms with Crippen LogP contribution in [0.5, 0.6) is 0 Å².